The summed E-state index contributed by atoms with van der Waals surface area (Å²) in [7, 11) is 0. The molecule has 1 heterocycles. The number of aromatic nitrogens is 2. The van der Waals surface area contributed by atoms with Crippen molar-refractivity contribution < 1.29 is 14.3 Å². The van der Waals surface area contributed by atoms with Gasteiger partial charge in [0.25, 0.3) is 0 Å². The maximum Gasteiger partial charge on any atom is 0.303 e. The quantitative estimate of drug-likeness (QED) is 0.878. The molecule has 1 aromatic heterocycles. The molecule has 0 aliphatic carbocycles. The maximum absolute atomic E-state index is 10.6. The van der Waals surface area contributed by atoms with Crippen molar-refractivity contribution in [2.24, 2.45) is 5.92 Å². The zero-order valence-corrected chi connectivity index (χ0v) is 13.0. The number of hydrogen-bond acceptors (Lipinski definition) is 4. The number of rotatable bonds is 5. The highest BCUT2D eigenvalue weighted by atomic mass is 79.9. The lowest BCUT2D eigenvalue weighted by Crippen LogP contribution is -2.07. The molecule has 0 radical (unpaired) electrons. The molecular formula is C13H12BrClN2O3. The second-order valence-corrected chi connectivity index (χ2v) is 5.92. The molecule has 7 heteroatoms. The van der Waals surface area contributed by atoms with Crippen LogP contribution in [0.1, 0.15) is 19.2 Å². The van der Waals surface area contributed by atoms with Crippen LogP contribution in [0.2, 0.25) is 5.02 Å². The number of benzene rings is 1. The van der Waals surface area contributed by atoms with Crippen LogP contribution in [0.25, 0.3) is 11.5 Å². The molecule has 5 nitrogen and oxygen atoms in total. The number of carbonyl (C=O) groups is 1. The number of hydrogen-bond donors (Lipinski definition) is 1. The number of halogens is 2. The van der Waals surface area contributed by atoms with Crippen LogP contribution in [0.15, 0.2) is 27.1 Å². The predicted molar refractivity (Wildman–Crippen MR) is 77.6 cm³/mol. The minimum Gasteiger partial charge on any atom is -0.481 e. The zero-order chi connectivity index (χ0) is 14.7. The lowest BCUT2D eigenvalue weighted by atomic mass is 10.0. The fourth-order valence-corrected chi connectivity index (χ4v) is 2.66. The summed E-state index contributed by atoms with van der Waals surface area (Å²) in [6.45, 7) is 1.83. The van der Waals surface area contributed by atoms with Crippen molar-refractivity contribution in [1.29, 1.82) is 0 Å². The van der Waals surface area contributed by atoms with E-state index in [4.69, 9.17) is 21.1 Å². The van der Waals surface area contributed by atoms with Crippen LogP contribution in [0.4, 0.5) is 0 Å². The van der Waals surface area contributed by atoms with Crippen LogP contribution in [-0.2, 0) is 11.2 Å². The Morgan fingerprint density at radius 3 is 2.85 bits per heavy atom. The van der Waals surface area contributed by atoms with E-state index in [1.807, 2.05) is 13.0 Å². The van der Waals surface area contributed by atoms with Gasteiger partial charge in [-0.15, -0.1) is 10.2 Å². The Bertz CT molecular complexity index is 610. The van der Waals surface area contributed by atoms with Crippen LogP contribution in [0.5, 0.6) is 0 Å². The van der Waals surface area contributed by atoms with Gasteiger partial charge in [0.2, 0.25) is 11.8 Å². The maximum atomic E-state index is 10.6. The summed E-state index contributed by atoms with van der Waals surface area (Å²) in [4.78, 5) is 10.6. The first-order chi connectivity index (χ1) is 9.44. The Kier molecular flexibility index (Phi) is 4.77. The predicted octanol–water partition coefficient (Wildman–Crippen LogP) is 3.81. The molecule has 1 aromatic carbocycles. The van der Waals surface area contributed by atoms with E-state index in [0.29, 0.717) is 28.8 Å². The minimum absolute atomic E-state index is 0.0631. The van der Waals surface area contributed by atoms with Gasteiger partial charge in [-0.2, -0.15) is 0 Å². The normalized spacial score (nSPS) is 12.3. The Morgan fingerprint density at radius 1 is 1.45 bits per heavy atom. The van der Waals surface area contributed by atoms with Gasteiger partial charge in [0.15, 0.2) is 0 Å². The molecule has 0 bridgehead atoms. The van der Waals surface area contributed by atoms with Crippen LogP contribution in [0, 0.1) is 5.92 Å². The van der Waals surface area contributed by atoms with Crippen molar-refractivity contribution in [2.45, 2.75) is 19.8 Å². The van der Waals surface area contributed by atoms with Crippen LogP contribution < -0.4 is 0 Å². The molecule has 106 valence electrons. The summed E-state index contributed by atoms with van der Waals surface area (Å²) in [6.07, 6.45) is 0.501. The third-order valence-corrected chi connectivity index (χ3v) is 3.30. The van der Waals surface area contributed by atoms with Gasteiger partial charge in [0.1, 0.15) is 0 Å². The van der Waals surface area contributed by atoms with Gasteiger partial charge in [-0.3, -0.25) is 4.79 Å². The number of nitrogens with zero attached hydrogens (tertiary/aromatic N) is 2. The first kappa shape index (κ1) is 15.0. The van der Waals surface area contributed by atoms with E-state index < -0.39 is 5.97 Å². The third-order valence-electron chi connectivity index (χ3n) is 2.62. The summed E-state index contributed by atoms with van der Waals surface area (Å²) in [5, 5.41) is 17.2. The van der Waals surface area contributed by atoms with Gasteiger partial charge in [-0.1, -0.05) is 34.5 Å². The average Bonchev–Trinajstić information content (AvgIpc) is 2.74. The SMILES string of the molecule is CC(CC(=O)O)Cc1nnc(-c2cc(Cl)cc(Br)c2)o1. The van der Waals surface area contributed by atoms with Crippen molar-refractivity contribution >= 4 is 33.5 Å². The van der Waals surface area contributed by atoms with E-state index in [1.54, 1.807) is 12.1 Å². The number of carboxylic acids is 1. The van der Waals surface area contributed by atoms with Gasteiger partial charge >= 0.3 is 5.97 Å². The Morgan fingerprint density at radius 2 is 2.20 bits per heavy atom. The van der Waals surface area contributed by atoms with E-state index in [9.17, 15) is 4.79 Å². The smallest absolute Gasteiger partial charge is 0.303 e. The molecular weight excluding hydrogens is 348 g/mol. The molecule has 0 amide bonds. The Balaban J connectivity index is 2.14. The van der Waals surface area contributed by atoms with Crippen molar-refractivity contribution in [2.75, 3.05) is 0 Å². The second kappa shape index (κ2) is 6.37. The largest absolute Gasteiger partial charge is 0.481 e. The van der Waals surface area contributed by atoms with Crippen LogP contribution in [-0.4, -0.2) is 21.3 Å². The van der Waals surface area contributed by atoms with Gasteiger partial charge in [0, 0.05) is 27.9 Å². The highest BCUT2D eigenvalue weighted by Crippen LogP contribution is 2.27. The fourth-order valence-electron chi connectivity index (χ4n) is 1.80. The molecule has 2 rings (SSSR count). The lowest BCUT2D eigenvalue weighted by molar-refractivity contribution is -0.137. The first-order valence-electron chi connectivity index (χ1n) is 5.94. The van der Waals surface area contributed by atoms with E-state index in [1.165, 1.54) is 0 Å². The van der Waals surface area contributed by atoms with Gasteiger partial charge in [-0.25, -0.2) is 0 Å². The third kappa shape index (κ3) is 4.05. The molecule has 0 aliphatic heterocycles. The summed E-state index contributed by atoms with van der Waals surface area (Å²) in [5.74, 6) is -0.113. The minimum atomic E-state index is -0.837. The molecule has 1 N–H and O–H groups in total. The Hall–Kier alpha value is -1.40. The van der Waals surface area contributed by atoms with Crippen molar-refractivity contribution in [3.63, 3.8) is 0 Å². The molecule has 0 spiro atoms. The molecule has 0 aliphatic rings. The van der Waals surface area contributed by atoms with E-state index >= 15 is 0 Å². The van der Waals surface area contributed by atoms with Crippen LogP contribution >= 0.6 is 27.5 Å². The molecule has 0 saturated heterocycles. The highest BCUT2D eigenvalue weighted by molar-refractivity contribution is 9.10. The zero-order valence-electron chi connectivity index (χ0n) is 10.6. The molecule has 0 fully saturated rings. The summed E-state index contributed by atoms with van der Waals surface area (Å²) >= 11 is 9.31. The van der Waals surface area contributed by atoms with Crippen molar-refractivity contribution in [3.8, 4) is 11.5 Å². The lowest BCUT2D eigenvalue weighted by Gasteiger charge is -2.03. The Labute approximate surface area is 129 Å². The molecule has 0 saturated carbocycles. The van der Waals surface area contributed by atoms with Crippen molar-refractivity contribution in [3.05, 3.63) is 33.6 Å². The van der Waals surface area contributed by atoms with Gasteiger partial charge in [-0.05, 0) is 24.1 Å². The monoisotopic (exact) mass is 358 g/mol. The van der Waals surface area contributed by atoms with E-state index in [-0.39, 0.29) is 12.3 Å². The van der Waals surface area contributed by atoms with Crippen molar-refractivity contribution in [1.82, 2.24) is 10.2 Å². The number of aliphatic carboxylic acids is 1. The molecule has 1 unspecified atom stereocenters. The van der Waals surface area contributed by atoms with Crippen LogP contribution in [0.3, 0.4) is 0 Å². The van der Waals surface area contributed by atoms with E-state index in [0.717, 1.165) is 4.47 Å². The second-order valence-electron chi connectivity index (χ2n) is 4.57. The highest BCUT2D eigenvalue weighted by Gasteiger charge is 2.14. The summed E-state index contributed by atoms with van der Waals surface area (Å²) in [5.41, 5.74) is 0.717. The average molecular weight is 360 g/mol. The standard InChI is InChI=1S/C13H12BrClN2O3/c1-7(3-12(18)19)2-11-16-17-13(20-11)8-4-9(14)6-10(15)5-8/h4-7H,2-3H2,1H3,(H,18,19). The fraction of sp³-hybridized carbons (Fsp3) is 0.308. The van der Waals surface area contributed by atoms with E-state index in [2.05, 4.69) is 26.1 Å². The molecule has 20 heavy (non-hydrogen) atoms. The summed E-state index contributed by atoms with van der Waals surface area (Å²) < 4.78 is 6.36. The van der Waals surface area contributed by atoms with Gasteiger partial charge < -0.3 is 9.52 Å². The first-order valence-corrected chi connectivity index (χ1v) is 7.12. The molecule has 2 aromatic rings. The summed E-state index contributed by atoms with van der Waals surface area (Å²) in [6, 6.07) is 5.31. The number of carboxylic acid groups (broad SMARTS) is 1. The molecule has 1 atom stereocenters. The van der Waals surface area contributed by atoms with Gasteiger partial charge in [0.05, 0.1) is 0 Å². The topological polar surface area (TPSA) is 76.2 Å².